The minimum Gasteiger partial charge on any atom is -0.398 e. The summed E-state index contributed by atoms with van der Waals surface area (Å²) in [6.45, 7) is 0. The van der Waals surface area contributed by atoms with Gasteiger partial charge in [-0.25, -0.2) is 0 Å². The van der Waals surface area contributed by atoms with E-state index in [-0.39, 0.29) is 29.1 Å². The van der Waals surface area contributed by atoms with Crippen LogP contribution in [0.15, 0.2) is 5.16 Å². The zero-order chi connectivity index (χ0) is 9.84. The Kier molecular flexibility index (Phi) is 5.36. The third-order valence-corrected chi connectivity index (χ3v) is 1.74. The minimum absolute atomic E-state index is 0. The van der Waals surface area contributed by atoms with E-state index in [1.165, 1.54) is 7.11 Å². The largest absolute Gasteiger partial charge is 0.398 e. The number of carbonyl (C=O) groups excluding carboxylic acids is 1. The number of nitrogen functional groups attached to an aromatic ring is 1. The van der Waals surface area contributed by atoms with E-state index in [1.807, 2.05) is 0 Å². The second kappa shape index (κ2) is 5.74. The molecule has 0 radical (unpaired) electrons. The van der Waals surface area contributed by atoms with E-state index < -0.39 is 5.24 Å². The second-order valence-corrected chi connectivity index (χ2v) is 2.98. The number of nitrogens with two attached hydrogens (primary N) is 1. The van der Waals surface area contributed by atoms with Crippen molar-refractivity contribution in [1.29, 1.82) is 0 Å². The van der Waals surface area contributed by atoms with Crippen LogP contribution in [0.5, 0.6) is 0 Å². The van der Waals surface area contributed by atoms with Crippen LogP contribution in [0.1, 0.15) is 5.82 Å². The first-order chi connectivity index (χ1) is 6.15. The summed E-state index contributed by atoms with van der Waals surface area (Å²) in [6.07, 6.45) is 0. The zero-order valence-corrected chi connectivity index (χ0v) is 9.32. The van der Waals surface area contributed by atoms with Gasteiger partial charge in [-0.3, -0.25) is 4.79 Å². The van der Waals surface area contributed by atoms with E-state index in [0.717, 1.165) is 11.5 Å². The first-order valence-electron chi connectivity index (χ1n) is 3.05. The van der Waals surface area contributed by atoms with Crippen molar-refractivity contribution < 1.29 is 9.63 Å². The Bertz CT molecular complexity index is 353. The molecule has 1 aromatic rings. The van der Waals surface area contributed by atoms with Gasteiger partial charge in [-0.15, -0.1) is 12.4 Å². The van der Waals surface area contributed by atoms with Crippen LogP contribution >= 0.6 is 35.5 Å². The fourth-order valence-electron chi connectivity index (χ4n) is 0.587. The summed E-state index contributed by atoms with van der Waals surface area (Å²) in [5.74, 6) is 0.0735. The Labute approximate surface area is 94.7 Å². The number of aromatic nitrogens is 2. The Morgan fingerprint density at radius 1 is 1.71 bits per heavy atom. The van der Waals surface area contributed by atoms with Crippen LogP contribution in [-0.4, -0.2) is 27.4 Å². The maximum Gasteiger partial charge on any atom is 0.278 e. The van der Waals surface area contributed by atoms with Crippen LogP contribution in [0.2, 0.25) is 0 Å². The Hall–Kier alpha value is -0.920. The van der Waals surface area contributed by atoms with Crippen molar-refractivity contribution >= 4 is 51.6 Å². The number of hydrogen-bond acceptors (Lipinski definition) is 7. The molecule has 0 unspecified atom stereocenters. The molecule has 0 spiro atoms. The molecule has 0 saturated heterocycles. The number of carbonyl (C=O) groups is 1. The topological polar surface area (TPSA) is 90.5 Å². The molecule has 0 amide bonds. The van der Waals surface area contributed by atoms with Crippen LogP contribution in [-0.2, 0) is 9.63 Å². The molecule has 0 atom stereocenters. The van der Waals surface area contributed by atoms with Gasteiger partial charge in [0.05, 0.1) is 0 Å². The molecule has 0 saturated carbocycles. The molecule has 0 aliphatic carbocycles. The van der Waals surface area contributed by atoms with Crippen LogP contribution in [0, 0.1) is 0 Å². The molecule has 0 fully saturated rings. The van der Waals surface area contributed by atoms with Gasteiger partial charge in [0, 0.05) is 11.5 Å². The van der Waals surface area contributed by atoms with Crippen LogP contribution < -0.4 is 5.73 Å². The number of halogens is 2. The van der Waals surface area contributed by atoms with Gasteiger partial charge < -0.3 is 10.6 Å². The highest BCUT2D eigenvalue weighted by Gasteiger charge is 2.17. The predicted molar refractivity (Wildman–Crippen MR) is 56.0 cm³/mol. The molecule has 1 heterocycles. The molecule has 1 aromatic heterocycles. The van der Waals surface area contributed by atoms with E-state index in [0.29, 0.717) is 0 Å². The van der Waals surface area contributed by atoms with Gasteiger partial charge >= 0.3 is 0 Å². The average molecular weight is 257 g/mol. The van der Waals surface area contributed by atoms with E-state index in [2.05, 4.69) is 19.4 Å². The van der Waals surface area contributed by atoms with Gasteiger partial charge in [-0.05, 0) is 11.6 Å². The highest BCUT2D eigenvalue weighted by Crippen LogP contribution is 2.08. The monoisotopic (exact) mass is 256 g/mol. The van der Waals surface area contributed by atoms with Gasteiger partial charge in [0.2, 0.25) is 11.5 Å². The normalized spacial score (nSPS) is 10.6. The molecule has 6 nitrogen and oxygen atoms in total. The summed E-state index contributed by atoms with van der Waals surface area (Å²) in [5, 5.41) is 2.81. The van der Waals surface area contributed by atoms with Crippen LogP contribution in [0.3, 0.4) is 0 Å². The number of nitrogens with zero attached hydrogens (tertiary/aromatic N) is 3. The lowest BCUT2D eigenvalue weighted by Crippen LogP contribution is -2.12. The van der Waals surface area contributed by atoms with Gasteiger partial charge in [-0.2, -0.15) is 9.36 Å². The van der Waals surface area contributed by atoms with Crippen molar-refractivity contribution in [3.05, 3.63) is 5.82 Å². The first kappa shape index (κ1) is 13.1. The third-order valence-electron chi connectivity index (χ3n) is 1.02. The first-order valence-corrected chi connectivity index (χ1v) is 4.21. The highest BCUT2D eigenvalue weighted by molar-refractivity contribution is 7.09. The lowest BCUT2D eigenvalue weighted by molar-refractivity contribution is -0.106. The van der Waals surface area contributed by atoms with Crippen LogP contribution in [0.25, 0.3) is 0 Å². The maximum absolute atomic E-state index is 10.8. The van der Waals surface area contributed by atoms with Crippen molar-refractivity contribution in [3.63, 3.8) is 0 Å². The van der Waals surface area contributed by atoms with Gasteiger partial charge in [0.25, 0.3) is 5.24 Å². The van der Waals surface area contributed by atoms with E-state index in [1.54, 1.807) is 0 Å². The molecule has 14 heavy (non-hydrogen) atoms. The molecule has 0 aliphatic rings. The van der Waals surface area contributed by atoms with Gasteiger partial charge in [-0.1, -0.05) is 5.16 Å². The summed E-state index contributed by atoms with van der Waals surface area (Å²) < 4.78 is 3.75. The van der Waals surface area contributed by atoms with E-state index >= 15 is 0 Å². The van der Waals surface area contributed by atoms with Crippen molar-refractivity contribution in [2.45, 2.75) is 0 Å². The number of oxime groups is 1. The zero-order valence-electron chi connectivity index (χ0n) is 6.93. The van der Waals surface area contributed by atoms with E-state index in [9.17, 15) is 4.79 Å². The summed E-state index contributed by atoms with van der Waals surface area (Å²) in [4.78, 5) is 18.9. The molecule has 0 bridgehead atoms. The second-order valence-electron chi connectivity index (χ2n) is 1.85. The smallest absolute Gasteiger partial charge is 0.278 e. The maximum atomic E-state index is 10.8. The summed E-state index contributed by atoms with van der Waals surface area (Å²) in [7, 11) is 1.29. The van der Waals surface area contributed by atoms with Crippen molar-refractivity contribution in [2.24, 2.45) is 5.16 Å². The Balaban J connectivity index is 0.00000169. The quantitative estimate of drug-likeness (QED) is 0.488. The van der Waals surface area contributed by atoms with Gasteiger partial charge in [0.1, 0.15) is 7.11 Å². The minimum atomic E-state index is -0.792. The third kappa shape index (κ3) is 3.09. The molecule has 9 heteroatoms. The summed E-state index contributed by atoms with van der Waals surface area (Å²) in [6, 6.07) is 0. The molecular formula is C5H6Cl2N4O2S. The fourth-order valence-corrected chi connectivity index (χ4v) is 1.14. The summed E-state index contributed by atoms with van der Waals surface area (Å²) >= 11 is 6.15. The number of hydrogen-bond donors (Lipinski definition) is 1. The fraction of sp³-hybridized carbons (Fsp3) is 0.200. The number of anilines is 1. The Morgan fingerprint density at radius 2 is 2.36 bits per heavy atom. The van der Waals surface area contributed by atoms with Crippen molar-refractivity contribution in [3.8, 4) is 0 Å². The highest BCUT2D eigenvalue weighted by atomic mass is 35.5. The molecule has 0 aromatic carbocycles. The molecule has 0 aliphatic heterocycles. The van der Waals surface area contributed by atoms with Crippen molar-refractivity contribution in [1.82, 2.24) is 9.36 Å². The molecule has 1 rings (SSSR count). The van der Waals surface area contributed by atoms with Gasteiger partial charge in [0.15, 0.2) is 5.13 Å². The SMILES string of the molecule is CON=C(C(=O)Cl)c1nsc(N)n1.Cl. The predicted octanol–water partition coefficient (Wildman–Crippen LogP) is 0.658. The molecular weight excluding hydrogens is 251 g/mol. The lowest BCUT2D eigenvalue weighted by Gasteiger charge is -1.92. The number of rotatable bonds is 3. The molecule has 78 valence electrons. The average Bonchev–Trinajstić information content (AvgIpc) is 2.46. The molecule has 2 N–H and O–H groups in total. The standard InChI is InChI=1S/C5H5ClN4O2S.ClH/c1-12-9-2(3(6)11)4-8-5(7)13-10-4;/h1H3,(H2,7,8,10);1H. The van der Waals surface area contributed by atoms with Crippen molar-refractivity contribution in [2.75, 3.05) is 12.8 Å². The summed E-state index contributed by atoms with van der Waals surface area (Å²) in [5.41, 5.74) is 5.15. The van der Waals surface area contributed by atoms with E-state index in [4.69, 9.17) is 17.3 Å². The lowest BCUT2D eigenvalue weighted by atomic mass is 10.4. The van der Waals surface area contributed by atoms with Crippen LogP contribution in [0.4, 0.5) is 5.13 Å². The Morgan fingerprint density at radius 3 is 2.71 bits per heavy atom.